The quantitative estimate of drug-likeness (QED) is 0.813. The van der Waals surface area contributed by atoms with Crippen molar-refractivity contribution in [2.24, 2.45) is 0 Å². The highest BCUT2D eigenvalue weighted by Crippen LogP contribution is 2.26. The van der Waals surface area contributed by atoms with Gasteiger partial charge in [-0.3, -0.25) is 4.79 Å². The minimum absolute atomic E-state index is 0.355. The van der Waals surface area contributed by atoms with Gasteiger partial charge in [-0.1, -0.05) is 6.92 Å². The number of piperidine rings is 1. The summed E-state index contributed by atoms with van der Waals surface area (Å²) in [4.78, 5) is 18.7. The molecule has 2 heterocycles. The SMILES string of the molecule is CCC1CCCCN1c1ccc(NC(=O)c2ccc(F)c(F)c2F)cn1. The monoisotopic (exact) mass is 363 g/mol. The van der Waals surface area contributed by atoms with Gasteiger partial charge in [0, 0.05) is 12.6 Å². The van der Waals surface area contributed by atoms with E-state index in [4.69, 9.17) is 0 Å². The lowest BCUT2D eigenvalue weighted by Gasteiger charge is -2.36. The van der Waals surface area contributed by atoms with Crippen LogP contribution in [0.15, 0.2) is 30.5 Å². The van der Waals surface area contributed by atoms with Gasteiger partial charge >= 0.3 is 0 Å². The highest BCUT2D eigenvalue weighted by Gasteiger charge is 2.22. The molecule has 3 rings (SSSR count). The molecule has 1 N–H and O–H groups in total. The van der Waals surface area contributed by atoms with Gasteiger partial charge in [0.05, 0.1) is 17.4 Å². The summed E-state index contributed by atoms with van der Waals surface area (Å²) >= 11 is 0. The molecule has 0 spiro atoms. The van der Waals surface area contributed by atoms with Crippen LogP contribution < -0.4 is 10.2 Å². The van der Waals surface area contributed by atoms with E-state index < -0.39 is 28.9 Å². The third kappa shape index (κ3) is 3.66. The Morgan fingerprint density at radius 3 is 2.69 bits per heavy atom. The van der Waals surface area contributed by atoms with Crippen LogP contribution in [0.3, 0.4) is 0 Å². The molecule has 138 valence electrons. The van der Waals surface area contributed by atoms with Gasteiger partial charge in [0.2, 0.25) is 0 Å². The molecule has 2 aromatic rings. The minimum Gasteiger partial charge on any atom is -0.354 e. The van der Waals surface area contributed by atoms with Gasteiger partial charge < -0.3 is 10.2 Å². The second-order valence-corrected chi connectivity index (χ2v) is 6.33. The van der Waals surface area contributed by atoms with Crippen LogP contribution >= 0.6 is 0 Å². The predicted octanol–water partition coefficient (Wildman–Crippen LogP) is 4.52. The maximum Gasteiger partial charge on any atom is 0.258 e. The molecule has 7 heteroatoms. The Morgan fingerprint density at radius 2 is 2.00 bits per heavy atom. The van der Waals surface area contributed by atoms with Crippen molar-refractivity contribution in [2.45, 2.75) is 38.6 Å². The first-order valence-corrected chi connectivity index (χ1v) is 8.68. The van der Waals surface area contributed by atoms with Crippen molar-refractivity contribution in [1.82, 2.24) is 4.98 Å². The van der Waals surface area contributed by atoms with Crippen molar-refractivity contribution in [3.63, 3.8) is 0 Å². The van der Waals surface area contributed by atoms with Crippen LogP contribution in [-0.2, 0) is 0 Å². The molecule has 1 aliphatic rings. The van der Waals surface area contributed by atoms with Gasteiger partial charge in [-0.05, 0) is 49.9 Å². The largest absolute Gasteiger partial charge is 0.354 e. The lowest BCUT2D eigenvalue weighted by atomic mass is 10.00. The first-order chi connectivity index (χ1) is 12.5. The van der Waals surface area contributed by atoms with E-state index in [-0.39, 0.29) is 0 Å². The van der Waals surface area contributed by atoms with E-state index in [0.717, 1.165) is 43.8 Å². The molecule has 26 heavy (non-hydrogen) atoms. The number of halogens is 3. The maximum atomic E-state index is 13.7. The molecule has 1 aromatic carbocycles. The van der Waals surface area contributed by atoms with E-state index in [1.165, 1.54) is 12.6 Å². The molecule has 1 fully saturated rings. The number of carbonyl (C=O) groups excluding carboxylic acids is 1. The molecule has 0 saturated carbocycles. The molecule has 1 unspecified atom stereocenters. The summed E-state index contributed by atoms with van der Waals surface area (Å²) in [5, 5.41) is 2.45. The van der Waals surface area contributed by atoms with Gasteiger partial charge in [-0.2, -0.15) is 0 Å². The summed E-state index contributed by atoms with van der Waals surface area (Å²) in [6, 6.07) is 5.54. The number of nitrogens with zero attached hydrogens (tertiary/aromatic N) is 2. The van der Waals surface area contributed by atoms with Crippen molar-refractivity contribution in [1.29, 1.82) is 0 Å². The lowest BCUT2D eigenvalue weighted by Crippen LogP contribution is -2.39. The Labute approximate surface area is 150 Å². The number of pyridine rings is 1. The van der Waals surface area contributed by atoms with Crippen LogP contribution in [0.2, 0.25) is 0 Å². The Bertz CT molecular complexity index is 795. The Morgan fingerprint density at radius 1 is 1.19 bits per heavy atom. The second kappa shape index (κ2) is 7.76. The van der Waals surface area contributed by atoms with Gasteiger partial charge in [0.25, 0.3) is 5.91 Å². The fourth-order valence-corrected chi connectivity index (χ4v) is 3.26. The molecule has 1 aromatic heterocycles. The summed E-state index contributed by atoms with van der Waals surface area (Å²) in [5.74, 6) is -4.54. The topological polar surface area (TPSA) is 45.2 Å². The fourth-order valence-electron chi connectivity index (χ4n) is 3.26. The normalized spacial score (nSPS) is 17.2. The Kier molecular flexibility index (Phi) is 5.44. The predicted molar refractivity (Wildman–Crippen MR) is 93.8 cm³/mol. The average Bonchev–Trinajstić information content (AvgIpc) is 2.66. The summed E-state index contributed by atoms with van der Waals surface area (Å²) in [7, 11) is 0. The summed E-state index contributed by atoms with van der Waals surface area (Å²) < 4.78 is 39.9. The molecule has 1 amide bonds. The number of aromatic nitrogens is 1. The number of benzene rings is 1. The minimum atomic E-state index is -1.66. The highest BCUT2D eigenvalue weighted by atomic mass is 19.2. The Hall–Kier alpha value is -2.57. The Balaban J connectivity index is 1.73. The number of amides is 1. The van der Waals surface area contributed by atoms with Crippen LogP contribution in [0, 0.1) is 17.5 Å². The number of hydrogen-bond donors (Lipinski definition) is 1. The van der Waals surface area contributed by atoms with Crippen molar-refractivity contribution < 1.29 is 18.0 Å². The van der Waals surface area contributed by atoms with E-state index in [1.54, 1.807) is 12.1 Å². The van der Waals surface area contributed by atoms with Crippen LogP contribution in [0.4, 0.5) is 24.7 Å². The van der Waals surface area contributed by atoms with Gasteiger partial charge in [0.1, 0.15) is 5.82 Å². The summed E-state index contributed by atoms with van der Waals surface area (Å²) in [6.07, 6.45) is 5.98. The van der Waals surface area contributed by atoms with Crippen molar-refractivity contribution in [2.75, 3.05) is 16.8 Å². The summed E-state index contributed by atoms with van der Waals surface area (Å²) in [6.45, 7) is 3.09. The molecular weight excluding hydrogens is 343 g/mol. The maximum absolute atomic E-state index is 13.7. The summed E-state index contributed by atoms with van der Waals surface area (Å²) in [5.41, 5.74) is -0.206. The van der Waals surface area contributed by atoms with Crippen LogP contribution in [-0.4, -0.2) is 23.5 Å². The van der Waals surface area contributed by atoms with Gasteiger partial charge in [-0.25, -0.2) is 18.2 Å². The molecule has 1 atom stereocenters. The smallest absolute Gasteiger partial charge is 0.258 e. The van der Waals surface area contributed by atoms with E-state index in [0.29, 0.717) is 11.7 Å². The number of anilines is 2. The van der Waals surface area contributed by atoms with Gasteiger partial charge in [0.15, 0.2) is 17.5 Å². The number of rotatable bonds is 4. The fraction of sp³-hybridized carbons (Fsp3) is 0.368. The van der Waals surface area contributed by atoms with Crippen LogP contribution in [0.5, 0.6) is 0 Å². The zero-order valence-electron chi connectivity index (χ0n) is 14.4. The van der Waals surface area contributed by atoms with E-state index in [1.807, 2.05) is 0 Å². The second-order valence-electron chi connectivity index (χ2n) is 6.33. The van der Waals surface area contributed by atoms with Crippen LogP contribution in [0.25, 0.3) is 0 Å². The number of hydrogen-bond acceptors (Lipinski definition) is 3. The van der Waals surface area contributed by atoms with Gasteiger partial charge in [-0.15, -0.1) is 0 Å². The van der Waals surface area contributed by atoms with E-state index >= 15 is 0 Å². The molecule has 0 bridgehead atoms. The van der Waals surface area contributed by atoms with E-state index in [9.17, 15) is 18.0 Å². The van der Waals surface area contributed by atoms with E-state index in [2.05, 4.69) is 22.1 Å². The number of carbonyl (C=O) groups is 1. The molecular formula is C19H20F3N3O. The average molecular weight is 363 g/mol. The molecule has 1 saturated heterocycles. The van der Waals surface area contributed by atoms with Crippen molar-refractivity contribution in [3.8, 4) is 0 Å². The molecule has 0 radical (unpaired) electrons. The molecule has 4 nitrogen and oxygen atoms in total. The third-order valence-corrected chi connectivity index (χ3v) is 4.68. The zero-order valence-corrected chi connectivity index (χ0v) is 14.4. The van der Waals surface area contributed by atoms with Crippen LogP contribution in [0.1, 0.15) is 43.0 Å². The highest BCUT2D eigenvalue weighted by molar-refractivity contribution is 6.04. The number of nitrogens with one attached hydrogen (secondary N) is 1. The lowest BCUT2D eigenvalue weighted by molar-refractivity contribution is 0.102. The van der Waals surface area contributed by atoms with Crippen molar-refractivity contribution in [3.05, 3.63) is 53.5 Å². The first-order valence-electron chi connectivity index (χ1n) is 8.68. The first kappa shape index (κ1) is 18.2. The molecule has 1 aliphatic heterocycles. The standard InChI is InChI=1S/C19H20F3N3O/c1-2-13-5-3-4-10-25(13)16-9-6-12(11-23-16)24-19(26)14-7-8-15(20)18(22)17(14)21/h6-9,11,13H,2-5,10H2,1H3,(H,24,26). The zero-order chi connectivity index (χ0) is 18.7. The molecule has 0 aliphatic carbocycles. The van der Waals surface area contributed by atoms with Crippen molar-refractivity contribution >= 4 is 17.4 Å². The third-order valence-electron chi connectivity index (χ3n) is 4.68.